The van der Waals surface area contributed by atoms with Crippen LogP contribution in [0.2, 0.25) is 0 Å². The first-order chi connectivity index (χ1) is 12.3. The molecule has 0 bridgehead atoms. The number of benzene rings is 1. The van der Waals surface area contributed by atoms with Gasteiger partial charge in [-0.05, 0) is 25.0 Å². The lowest BCUT2D eigenvalue weighted by Gasteiger charge is -2.11. The number of rotatable bonds is 9. The number of hydrogen-bond acceptors (Lipinski definition) is 4. The molecule has 6 heteroatoms. The Morgan fingerprint density at radius 2 is 1.96 bits per heavy atom. The lowest BCUT2D eigenvalue weighted by Crippen LogP contribution is -2.38. The molecule has 0 unspecified atom stereocenters. The second-order valence-electron chi connectivity index (χ2n) is 5.75. The second kappa shape index (κ2) is 10.4. The van der Waals surface area contributed by atoms with E-state index in [2.05, 4.69) is 34.6 Å². The smallest absolute Gasteiger partial charge is 0.191 e. The van der Waals surface area contributed by atoms with Crippen LogP contribution in [0.5, 0.6) is 5.75 Å². The number of guanidine groups is 1. The van der Waals surface area contributed by atoms with Crippen molar-refractivity contribution < 1.29 is 9.26 Å². The van der Waals surface area contributed by atoms with E-state index in [-0.39, 0.29) is 0 Å². The molecule has 0 saturated heterocycles. The van der Waals surface area contributed by atoms with E-state index in [1.165, 1.54) is 0 Å². The summed E-state index contributed by atoms with van der Waals surface area (Å²) in [7, 11) is 1.74. The first-order valence-corrected chi connectivity index (χ1v) is 8.84. The molecule has 0 aliphatic carbocycles. The van der Waals surface area contributed by atoms with Crippen LogP contribution < -0.4 is 15.4 Å². The number of ether oxygens (including phenoxy) is 1. The van der Waals surface area contributed by atoms with E-state index in [1.54, 1.807) is 7.05 Å². The van der Waals surface area contributed by atoms with E-state index in [4.69, 9.17) is 9.26 Å². The largest absolute Gasteiger partial charge is 0.492 e. The Labute approximate surface area is 149 Å². The van der Waals surface area contributed by atoms with Gasteiger partial charge in [-0.25, -0.2) is 0 Å². The summed E-state index contributed by atoms with van der Waals surface area (Å²) >= 11 is 0. The average Bonchev–Trinajstić information content (AvgIpc) is 3.12. The van der Waals surface area contributed by atoms with Gasteiger partial charge in [-0.3, -0.25) is 4.99 Å². The summed E-state index contributed by atoms with van der Waals surface area (Å²) in [5, 5.41) is 10.6. The first-order valence-electron chi connectivity index (χ1n) is 8.84. The zero-order chi connectivity index (χ0) is 17.9. The fourth-order valence-corrected chi connectivity index (χ4v) is 2.56. The van der Waals surface area contributed by atoms with Crippen molar-refractivity contribution >= 4 is 5.96 Å². The monoisotopic (exact) mass is 344 g/mol. The lowest BCUT2D eigenvalue weighted by molar-refractivity contribution is 0.321. The summed E-state index contributed by atoms with van der Waals surface area (Å²) in [5.41, 5.74) is 1.03. The van der Waals surface area contributed by atoms with Crippen LogP contribution in [-0.4, -0.2) is 31.3 Å². The van der Waals surface area contributed by atoms with Crippen molar-refractivity contribution in [3.63, 3.8) is 0 Å². The van der Waals surface area contributed by atoms with E-state index in [0.717, 1.165) is 30.0 Å². The molecule has 0 atom stereocenters. The zero-order valence-electron chi connectivity index (χ0n) is 15.3. The summed E-state index contributed by atoms with van der Waals surface area (Å²) in [6.45, 7) is 6.11. The molecular formula is C19H28N4O2. The van der Waals surface area contributed by atoms with Gasteiger partial charge >= 0.3 is 0 Å². The van der Waals surface area contributed by atoms with Crippen molar-refractivity contribution in [2.75, 3.05) is 20.2 Å². The van der Waals surface area contributed by atoms with Gasteiger partial charge in [0, 0.05) is 19.0 Å². The van der Waals surface area contributed by atoms with Crippen LogP contribution in [0.3, 0.4) is 0 Å². The molecule has 25 heavy (non-hydrogen) atoms. The lowest BCUT2D eigenvalue weighted by atomic mass is 9.99. The number of aliphatic imine (C=N–C) groups is 1. The van der Waals surface area contributed by atoms with Crippen molar-refractivity contribution in [3.05, 3.63) is 47.9 Å². The molecule has 2 N–H and O–H groups in total. The van der Waals surface area contributed by atoms with Crippen molar-refractivity contribution in [1.29, 1.82) is 0 Å². The van der Waals surface area contributed by atoms with Gasteiger partial charge in [-0.2, -0.15) is 0 Å². The Kier molecular flexibility index (Phi) is 7.82. The molecule has 136 valence electrons. The van der Waals surface area contributed by atoms with Crippen LogP contribution in [0.4, 0.5) is 0 Å². The molecule has 1 heterocycles. The Morgan fingerprint density at radius 1 is 1.20 bits per heavy atom. The van der Waals surface area contributed by atoms with Gasteiger partial charge in [-0.1, -0.05) is 37.2 Å². The molecular weight excluding hydrogens is 316 g/mol. The van der Waals surface area contributed by atoms with Crippen LogP contribution in [0.1, 0.15) is 44.1 Å². The van der Waals surface area contributed by atoms with Gasteiger partial charge in [0.15, 0.2) is 11.7 Å². The predicted octanol–water partition coefficient (Wildman–Crippen LogP) is 3.32. The van der Waals surface area contributed by atoms with Gasteiger partial charge in [0.25, 0.3) is 0 Å². The van der Waals surface area contributed by atoms with Crippen molar-refractivity contribution in [2.24, 2.45) is 4.99 Å². The first kappa shape index (κ1) is 18.8. The van der Waals surface area contributed by atoms with E-state index in [1.807, 2.05) is 36.4 Å². The highest BCUT2D eigenvalue weighted by Gasteiger charge is 2.13. The maximum Gasteiger partial charge on any atom is 0.191 e. The van der Waals surface area contributed by atoms with Crippen LogP contribution in [0.15, 0.2) is 45.9 Å². The van der Waals surface area contributed by atoms with Gasteiger partial charge < -0.3 is 19.9 Å². The van der Waals surface area contributed by atoms with E-state index < -0.39 is 0 Å². The quantitative estimate of drug-likeness (QED) is 0.415. The molecule has 1 aromatic heterocycles. The number of nitrogens with zero attached hydrogens (tertiary/aromatic N) is 2. The third-order valence-electron chi connectivity index (χ3n) is 4.04. The molecule has 0 aliphatic heterocycles. The van der Waals surface area contributed by atoms with Gasteiger partial charge in [-0.15, -0.1) is 0 Å². The summed E-state index contributed by atoms with van der Waals surface area (Å²) in [5.74, 6) is 2.84. The molecule has 1 aromatic carbocycles. The van der Waals surface area contributed by atoms with Crippen molar-refractivity contribution in [3.8, 4) is 5.75 Å². The minimum atomic E-state index is 0.463. The van der Waals surface area contributed by atoms with Crippen LogP contribution in [0, 0.1) is 0 Å². The van der Waals surface area contributed by atoms with Crippen LogP contribution >= 0.6 is 0 Å². The fraction of sp³-hybridized carbons (Fsp3) is 0.474. The number of hydrogen-bond donors (Lipinski definition) is 2. The third-order valence-corrected chi connectivity index (χ3v) is 4.04. The van der Waals surface area contributed by atoms with Gasteiger partial charge in [0.1, 0.15) is 12.4 Å². The van der Waals surface area contributed by atoms with E-state index >= 15 is 0 Å². The predicted molar refractivity (Wildman–Crippen MR) is 100.0 cm³/mol. The highest BCUT2D eigenvalue weighted by molar-refractivity contribution is 5.79. The van der Waals surface area contributed by atoms with Crippen molar-refractivity contribution in [2.45, 2.75) is 39.2 Å². The fourth-order valence-electron chi connectivity index (χ4n) is 2.56. The molecule has 2 aromatic rings. The maximum atomic E-state index is 5.64. The highest BCUT2D eigenvalue weighted by Crippen LogP contribution is 2.22. The van der Waals surface area contributed by atoms with Crippen molar-refractivity contribution in [1.82, 2.24) is 15.8 Å². The molecule has 2 rings (SSSR count). The van der Waals surface area contributed by atoms with Crippen LogP contribution in [0.25, 0.3) is 0 Å². The minimum absolute atomic E-state index is 0.463. The molecule has 0 saturated carbocycles. The molecule has 6 nitrogen and oxygen atoms in total. The van der Waals surface area contributed by atoms with E-state index in [0.29, 0.717) is 31.6 Å². The number of nitrogens with one attached hydrogen (secondary N) is 2. The summed E-state index contributed by atoms with van der Waals surface area (Å²) in [6.07, 6.45) is 2.14. The van der Waals surface area contributed by atoms with Gasteiger partial charge in [0.2, 0.25) is 0 Å². The standard InChI is InChI=1S/C19H28N4O2/c1-4-15(5-2)18-13-17(25-23-18)14-22-19(20-3)21-11-12-24-16-9-7-6-8-10-16/h6-10,13,15H,4-5,11-12,14H2,1-3H3,(H2,20,21,22). The zero-order valence-corrected chi connectivity index (χ0v) is 15.3. The Balaban J connectivity index is 1.71. The molecule has 0 radical (unpaired) electrons. The summed E-state index contributed by atoms with van der Waals surface area (Å²) in [4.78, 5) is 4.20. The number of aromatic nitrogens is 1. The van der Waals surface area contributed by atoms with Gasteiger partial charge in [0.05, 0.1) is 18.8 Å². The maximum absolute atomic E-state index is 5.64. The normalized spacial score (nSPS) is 11.6. The summed E-state index contributed by atoms with van der Waals surface area (Å²) < 4.78 is 11.1. The molecule has 0 spiro atoms. The molecule has 0 amide bonds. The molecule has 0 fully saturated rings. The topological polar surface area (TPSA) is 71.7 Å². The Hall–Kier alpha value is -2.50. The third kappa shape index (κ3) is 6.14. The Bertz CT molecular complexity index is 636. The number of para-hydroxylation sites is 1. The highest BCUT2D eigenvalue weighted by atomic mass is 16.5. The van der Waals surface area contributed by atoms with E-state index in [9.17, 15) is 0 Å². The Morgan fingerprint density at radius 3 is 2.64 bits per heavy atom. The average molecular weight is 344 g/mol. The summed E-state index contributed by atoms with van der Waals surface area (Å²) in [6, 6.07) is 11.8. The second-order valence-corrected chi connectivity index (χ2v) is 5.75. The minimum Gasteiger partial charge on any atom is -0.492 e. The molecule has 0 aliphatic rings. The van der Waals surface area contributed by atoms with Crippen LogP contribution in [-0.2, 0) is 6.54 Å². The SMILES string of the molecule is CCC(CC)c1cc(CNC(=NC)NCCOc2ccccc2)on1.